The fourth-order valence-electron chi connectivity index (χ4n) is 2.30. The van der Waals surface area contributed by atoms with E-state index in [9.17, 15) is 5.11 Å². The second-order valence-corrected chi connectivity index (χ2v) is 5.18. The van der Waals surface area contributed by atoms with E-state index >= 15 is 0 Å². The molecule has 2 aromatic heterocycles. The molecule has 1 aliphatic rings. The van der Waals surface area contributed by atoms with Crippen LogP contribution >= 0.6 is 0 Å². The Balaban J connectivity index is 1.61. The van der Waals surface area contributed by atoms with Crippen molar-refractivity contribution < 1.29 is 9.84 Å². The summed E-state index contributed by atoms with van der Waals surface area (Å²) in [5.41, 5.74) is 2.12. The molecular weight excluding hydrogens is 244 g/mol. The van der Waals surface area contributed by atoms with Crippen molar-refractivity contribution in [3.63, 3.8) is 0 Å². The van der Waals surface area contributed by atoms with Crippen LogP contribution in [0.5, 0.6) is 0 Å². The fraction of sp³-hybridized carbons (Fsp3) is 0.538. The number of hydrogen-bond acceptors (Lipinski definition) is 5. The lowest BCUT2D eigenvalue weighted by Gasteiger charge is -2.20. The maximum Gasteiger partial charge on any atom is 0.155 e. The summed E-state index contributed by atoms with van der Waals surface area (Å²) >= 11 is 0. The standard InChI is InChI=1S/C13H18N4O2/c1-10-4-12-15-6-11(7-17(12)16-10)5-14-8-13(18)2-3-19-9-13/h4,6-7,14,18H,2-3,5,8-9H2,1H3. The molecule has 2 aromatic rings. The molecule has 6 heteroatoms. The smallest absolute Gasteiger partial charge is 0.155 e. The van der Waals surface area contributed by atoms with Crippen LogP contribution in [0.3, 0.4) is 0 Å². The normalized spacial score (nSPS) is 23.3. The Hall–Kier alpha value is -1.50. The summed E-state index contributed by atoms with van der Waals surface area (Å²) in [6, 6.07) is 1.94. The van der Waals surface area contributed by atoms with E-state index in [0.717, 1.165) is 16.9 Å². The van der Waals surface area contributed by atoms with Gasteiger partial charge in [-0.05, 0) is 6.92 Å². The summed E-state index contributed by atoms with van der Waals surface area (Å²) in [5.74, 6) is 0. The van der Waals surface area contributed by atoms with E-state index in [1.165, 1.54) is 0 Å². The van der Waals surface area contributed by atoms with E-state index in [2.05, 4.69) is 15.4 Å². The molecule has 19 heavy (non-hydrogen) atoms. The van der Waals surface area contributed by atoms with Gasteiger partial charge in [-0.2, -0.15) is 5.10 Å². The molecule has 1 fully saturated rings. The Bertz CT molecular complexity index is 575. The molecule has 0 amide bonds. The lowest BCUT2D eigenvalue weighted by Crippen LogP contribution is -2.40. The molecule has 3 heterocycles. The highest BCUT2D eigenvalue weighted by Gasteiger charge is 2.31. The van der Waals surface area contributed by atoms with Gasteiger partial charge in [-0.3, -0.25) is 0 Å². The van der Waals surface area contributed by atoms with E-state index in [1.54, 1.807) is 4.52 Å². The monoisotopic (exact) mass is 262 g/mol. The zero-order valence-electron chi connectivity index (χ0n) is 11.0. The molecule has 0 radical (unpaired) electrons. The molecule has 102 valence electrons. The quantitative estimate of drug-likeness (QED) is 0.828. The number of aliphatic hydroxyl groups is 1. The molecule has 0 aromatic carbocycles. The number of fused-ring (bicyclic) bond motifs is 1. The minimum Gasteiger partial charge on any atom is -0.386 e. The minimum atomic E-state index is -0.722. The van der Waals surface area contributed by atoms with Crippen molar-refractivity contribution in [2.45, 2.75) is 25.5 Å². The molecule has 2 N–H and O–H groups in total. The SMILES string of the molecule is Cc1cc2ncc(CNCC3(O)CCOC3)cn2n1. The van der Waals surface area contributed by atoms with Crippen LogP contribution in [0.1, 0.15) is 17.7 Å². The highest BCUT2D eigenvalue weighted by Crippen LogP contribution is 2.17. The summed E-state index contributed by atoms with van der Waals surface area (Å²) in [7, 11) is 0. The lowest BCUT2D eigenvalue weighted by molar-refractivity contribution is 0.0268. The molecular formula is C13H18N4O2. The van der Waals surface area contributed by atoms with Gasteiger partial charge in [0.1, 0.15) is 5.60 Å². The third kappa shape index (κ3) is 2.75. The summed E-state index contributed by atoms with van der Waals surface area (Å²) < 4.78 is 6.98. The predicted molar refractivity (Wildman–Crippen MR) is 69.8 cm³/mol. The fourth-order valence-corrected chi connectivity index (χ4v) is 2.30. The van der Waals surface area contributed by atoms with Gasteiger partial charge in [0.2, 0.25) is 0 Å². The first-order valence-electron chi connectivity index (χ1n) is 6.46. The molecule has 0 spiro atoms. The van der Waals surface area contributed by atoms with Gasteiger partial charge in [0.15, 0.2) is 5.65 Å². The molecule has 6 nitrogen and oxygen atoms in total. The molecule has 0 aliphatic carbocycles. The van der Waals surface area contributed by atoms with Crippen molar-refractivity contribution in [1.29, 1.82) is 0 Å². The average molecular weight is 262 g/mol. The Morgan fingerprint density at radius 1 is 1.58 bits per heavy atom. The van der Waals surface area contributed by atoms with Crippen LogP contribution in [0.2, 0.25) is 0 Å². The Kier molecular flexibility index (Phi) is 3.22. The van der Waals surface area contributed by atoms with Crippen LogP contribution in [0.25, 0.3) is 5.65 Å². The van der Waals surface area contributed by atoms with Gasteiger partial charge in [0, 0.05) is 50.1 Å². The van der Waals surface area contributed by atoms with Crippen molar-refractivity contribution >= 4 is 5.65 Å². The zero-order chi connectivity index (χ0) is 13.3. The van der Waals surface area contributed by atoms with Crippen molar-refractivity contribution in [1.82, 2.24) is 19.9 Å². The van der Waals surface area contributed by atoms with Crippen molar-refractivity contribution in [3.8, 4) is 0 Å². The predicted octanol–water partition coefficient (Wildman–Crippen LogP) is 0.279. The molecule has 0 saturated carbocycles. The van der Waals surface area contributed by atoms with Gasteiger partial charge in [-0.25, -0.2) is 9.50 Å². The lowest BCUT2D eigenvalue weighted by atomic mass is 10.0. The summed E-state index contributed by atoms with van der Waals surface area (Å²) in [6.45, 7) is 4.18. The van der Waals surface area contributed by atoms with Gasteiger partial charge in [-0.1, -0.05) is 0 Å². The largest absolute Gasteiger partial charge is 0.386 e. The van der Waals surface area contributed by atoms with Crippen molar-refractivity contribution in [2.75, 3.05) is 19.8 Å². The van der Waals surface area contributed by atoms with Crippen LogP contribution in [0.4, 0.5) is 0 Å². The number of rotatable bonds is 4. The minimum absolute atomic E-state index is 0.412. The van der Waals surface area contributed by atoms with E-state index in [-0.39, 0.29) is 0 Å². The number of aromatic nitrogens is 3. The van der Waals surface area contributed by atoms with E-state index in [0.29, 0.717) is 32.7 Å². The zero-order valence-corrected chi connectivity index (χ0v) is 11.0. The molecule has 1 saturated heterocycles. The summed E-state index contributed by atoms with van der Waals surface area (Å²) in [5, 5.41) is 17.7. The maximum atomic E-state index is 10.1. The Morgan fingerprint density at radius 3 is 3.26 bits per heavy atom. The molecule has 1 unspecified atom stereocenters. The first-order chi connectivity index (χ1) is 9.15. The highest BCUT2D eigenvalue weighted by molar-refractivity contribution is 5.38. The molecule has 3 rings (SSSR count). The number of nitrogens with one attached hydrogen (secondary N) is 1. The van der Waals surface area contributed by atoms with Gasteiger partial charge in [0.25, 0.3) is 0 Å². The van der Waals surface area contributed by atoms with Crippen LogP contribution in [-0.2, 0) is 11.3 Å². The maximum absolute atomic E-state index is 10.1. The van der Waals surface area contributed by atoms with Crippen molar-refractivity contribution in [2.24, 2.45) is 0 Å². The second kappa shape index (κ2) is 4.88. The third-order valence-corrected chi connectivity index (χ3v) is 3.35. The van der Waals surface area contributed by atoms with E-state index < -0.39 is 5.60 Å². The first kappa shape index (κ1) is 12.5. The molecule has 1 atom stereocenters. The van der Waals surface area contributed by atoms with Gasteiger partial charge >= 0.3 is 0 Å². The number of aryl methyl sites for hydroxylation is 1. The van der Waals surface area contributed by atoms with Gasteiger partial charge < -0.3 is 15.2 Å². The average Bonchev–Trinajstić information content (AvgIpc) is 2.94. The summed E-state index contributed by atoms with van der Waals surface area (Å²) in [4.78, 5) is 4.34. The second-order valence-electron chi connectivity index (χ2n) is 5.18. The Labute approximate surface area is 111 Å². The number of hydrogen-bond donors (Lipinski definition) is 2. The van der Waals surface area contributed by atoms with E-state index in [4.69, 9.17) is 4.74 Å². The first-order valence-corrected chi connectivity index (χ1v) is 6.46. The third-order valence-electron chi connectivity index (χ3n) is 3.35. The number of nitrogens with zero attached hydrogens (tertiary/aromatic N) is 3. The highest BCUT2D eigenvalue weighted by atomic mass is 16.5. The summed E-state index contributed by atoms with van der Waals surface area (Å²) in [6.07, 6.45) is 4.48. The Morgan fingerprint density at radius 2 is 2.47 bits per heavy atom. The molecule has 1 aliphatic heterocycles. The number of ether oxygens (including phenoxy) is 1. The van der Waals surface area contributed by atoms with Crippen LogP contribution in [0.15, 0.2) is 18.5 Å². The van der Waals surface area contributed by atoms with E-state index in [1.807, 2.05) is 25.4 Å². The van der Waals surface area contributed by atoms with Crippen LogP contribution in [-0.4, -0.2) is 45.1 Å². The van der Waals surface area contributed by atoms with Gasteiger partial charge in [0.05, 0.1) is 12.3 Å². The molecule has 0 bridgehead atoms. The topological polar surface area (TPSA) is 71.7 Å². The van der Waals surface area contributed by atoms with Gasteiger partial charge in [-0.15, -0.1) is 0 Å². The van der Waals surface area contributed by atoms with Crippen LogP contribution < -0.4 is 5.32 Å². The van der Waals surface area contributed by atoms with Crippen LogP contribution in [0, 0.1) is 6.92 Å². The van der Waals surface area contributed by atoms with Crippen molar-refractivity contribution in [3.05, 3.63) is 29.7 Å².